The molecule has 0 saturated carbocycles. The van der Waals surface area contributed by atoms with Crippen LogP contribution in [0.25, 0.3) is 5.69 Å². The molecule has 0 fully saturated rings. The fraction of sp³-hybridized carbons (Fsp3) is 0.211. The van der Waals surface area contributed by atoms with Crippen molar-refractivity contribution in [2.45, 2.75) is 30.4 Å². The first-order valence-corrected chi connectivity index (χ1v) is 9.72. The minimum absolute atomic E-state index is 0.280. The summed E-state index contributed by atoms with van der Waals surface area (Å²) in [5, 5.41) is 11.0. The second-order valence-electron chi connectivity index (χ2n) is 6.24. The van der Waals surface area contributed by atoms with Crippen molar-refractivity contribution in [3.05, 3.63) is 64.9 Å². The van der Waals surface area contributed by atoms with E-state index < -0.39 is 17.0 Å². The lowest BCUT2D eigenvalue weighted by Crippen LogP contribution is -2.23. The smallest absolute Gasteiger partial charge is 0.325 e. The van der Waals surface area contributed by atoms with E-state index in [2.05, 4.69) is 15.5 Å². The lowest BCUT2D eigenvalue weighted by Gasteiger charge is -2.13. The number of aryl methyl sites for hydroxylation is 1. The zero-order valence-corrected chi connectivity index (χ0v) is 16.9. The molecule has 0 aliphatic carbocycles. The van der Waals surface area contributed by atoms with Gasteiger partial charge in [-0.15, -0.1) is 10.2 Å². The number of amides is 1. The van der Waals surface area contributed by atoms with Crippen molar-refractivity contribution in [1.82, 2.24) is 14.8 Å². The van der Waals surface area contributed by atoms with E-state index in [-0.39, 0.29) is 11.6 Å². The molecule has 1 N–H and O–H groups in total. The normalized spacial score (nSPS) is 12.6. The molecule has 0 radical (unpaired) electrons. The molecule has 1 aromatic heterocycles. The van der Waals surface area contributed by atoms with Crippen molar-refractivity contribution in [3.8, 4) is 5.69 Å². The molecule has 1 atom stereocenters. The van der Waals surface area contributed by atoms with E-state index in [4.69, 9.17) is 11.6 Å². The molecule has 1 heterocycles. The van der Waals surface area contributed by atoms with Crippen LogP contribution in [-0.4, -0.2) is 25.9 Å². The number of rotatable bonds is 5. The number of carbonyl (C=O) groups excluding carboxylic acids is 1. The predicted molar refractivity (Wildman–Crippen MR) is 106 cm³/mol. The topological polar surface area (TPSA) is 59.8 Å². The second-order valence-corrected chi connectivity index (χ2v) is 7.96. The number of hydrogen-bond acceptors (Lipinski definition) is 4. The van der Waals surface area contributed by atoms with Crippen LogP contribution in [-0.2, 0) is 11.0 Å². The van der Waals surface area contributed by atoms with E-state index >= 15 is 0 Å². The number of hydrogen-bond donors (Lipinski definition) is 1. The van der Waals surface area contributed by atoms with Crippen molar-refractivity contribution < 1.29 is 18.0 Å². The number of thioether (sulfide) groups is 1. The summed E-state index contributed by atoms with van der Waals surface area (Å²) in [5.74, 6) is -0.369. The zero-order valence-electron chi connectivity index (χ0n) is 15.4. The quantitative estimate of drug-likeness (QED) is 0.542. The predicted octanol–water partition coefficient (Wildman–Crippen LogP) is 5.37. The van der Waals surface area contributed by atoms with E-state index in [1.54, 1.807) is 17.6 Å². The molecular weight excluding hydrogens is 425 g/mol. The number of halogens is 4. The van der Waals surface area contributed by atoms with Gasteiger partial charge in [-0.25, -0.2) is 0 Å². The summed E-state index contributed by atoms with van der Waals surface area (Å²) in [6.07, 6.45) is -2.90. The summed E-state index contributed by atoms with van der Waals surface area (Å²) in [5.41, 5.74) is 1.19. The van der Waals surface area contributed by atoms with Crippen molar-refractivity contribution in [1.29, 1.82) is 0 Å². The average Bonchev–Trinajstić information content (AvgIpc) is 3.11. The summed E-state index contributed by atoms with van der Waals surface area (Å²) in [6.45, 7) is 3.56. The van der Waals surface area contributed by atoms with Crippen molar-refractivity contribution in [3.63, 3.8) is 0 Å². The monoisotopic (exact) mass is 440 g/mol. The van der Waals surface area contributed by atoms with Gasteiger partial charge >= 0.3 is 6.18 Å². The van der Waals surface area contributed by atoms with Crippen LogP contribution in [0.2, 0.25) is 5.02 Å². The van der Waals surface area contributed by atoms with Crippen LogP contribution in [0, 0.1) is 6.92 Å². The SMILES string of the molecule is Cc1ccc(-n2cnnc2SC(C)C(=O)Nc2ccc(C(F)(F)F)cc2)cc1Cl. The molecule has 0 aliphatic rings. The molecular formula is C19H16ClF3N4OS. The highest BCUT2D eigenvalue weighted by molar-refractivity contribution is 8.00. The van der Waals surface area contributed by atoms with Gasteiger partial charge in [-0.1, -0.05) is 29.4 Å². The van der Waals surface area contributed by atoms with Gasteiger partial charge in [0, 0.05) is 10.7 Å². The zero-order chi connectivity index (χ0) is 21.2. The summed E-state index contributed by atoms with van der Waals surface area (Å²) < 4.78 is 39.6. The Hall–Kier alpha value is -2.52. The molecule has 5 nitrogen and oxygen atoms in total. The van der Waals surface area contributed by atoms with Gasteiger partial charge in [0.1, 0.15) is 6.33 Å². The fourth-order valence-corrected chi connectivity index (χ4v) is 3.43. The number of benzene rings is 2. The number of carbonyl (C=O) groups is 1. The van der Waals surface area contributed by atoms with Crippen LogP contribution >= 0.6 is 23.4 Å². The Bertz CT molecular complexity index is 1020. The summed E-state index contributed by atoms with van der Waals surface area (Å²) in [6, 6.07) is 9.78. The highest BCUT2D eigenvalue weighted by Crippen LogP contribution is 2.30. The summed E-state index contributed by atoms with van der Waals surface area (Å²) >= 11 is 7.34. The highest BCUT2D eigenvalue weighted by atomic mass is 35.5. The highest BCUT2D eigenvalue weighted by Gasteiger charge is 2.30. The van der Waals surface area contributed by atoms with Crippen molar-refractivity contribution >= 4 is 35.0 Å². The van der Waals surface area contributed by atoms with E-state index in [0.29, 0.717) is 10.2 Å². The van der Waals surface area contributed by atoms with Gasteiger partial charge in [-0.3, -0.25) is 9.36 Å². The molecule has 0 bridgehead atoms. The van der Waals surface area contributed by atoms with Gasteiger partial charge in [0.05, 0.1) is 16.5 Å². The number of nitrogens with one attached hydrogen (secondary N) is 1. The Kier molecular flexibility index (Phi) is 6.18. The number of nitrogens with zero attached hydrogens (tertiary/aromatic N) is 3. The van der Waals surface area contributed by atoms with Gasteiger partial charge < -0.3 is 5.32 Å². The third kappa shape index (κ3) is 5.10. The van der Waals surface area contributed by atoms with Gasteiger partial charge in [0.15, 0.2) is 5.16 Å². The number of anilines is 1. The molecule has 1 unspecified atom stereocenters. The first kappa shape index (κ1) is 21.2. The lowest BCUT2D eigenvalue weighted by atomic mass is 10.2. The van der Waals surface area contributed by atoms with E-state index in [1.807, 2.05) is 19.1 Å². The standard InChI is InChI=1S/C19H16ClF3N4OS/c1-11-3-8-15(9-16(11)20)27-10-24-26-18(27)29-12(2)17(28)25-14-6-4-13(5-7-14)19(21,22)23/h3-10,12H,1-2H3,(H,25,28). The lowest BCUT2D eigenvalue weighted by molar-refractivity contribution is -0.137. The molecule has 2 aromatic carbocycles. The van der Waals surface area contributed by atoms with E-state index in [9.17, 15) is 18.0 Å². The first-order chi connectivity index (χ1) is 13.6. The van der Waals surface area contributed by atoms with E-state index in [1.165, 1.54) is 30.2 Å². The Balaban J connectivity index is 1.69. The van der Waals surface area contributed by atoms with Gasteiger partial charge in [0.25, 0.3) is 0 Å². The maximum atomic E-state index is 12.6. The number of aromatic nitrogens is 3. The van der Waals surface area contributed by atoms with Crippen LogP contribution < -0.4 is 5.32 Å². The molecule has 10 heteroatoms. The van der Waals surface area contributed by atoms with Crippen LogP contribution in [0.15, 0.2) is 53.9 Å². The van der Waals surface area contributed by atoms with Crippen LogP contribution in [0.3, 0.4) is 0 Å². The molecule has 0 aliphatic heterocycles. The summed E-state index contributed by atoms with van der Waals surface area (Å²) in [4.78, 5) is 12.4. The maximum absolute atomic E-state index is 12.6. The Morgan fingerprint density at radius 3 is 2.52 bits per heavy atom. The Morgan fingerprint density at radius 1 is 1.21 bits per heavy atom. The minimum atomic E-state index is -4.42. The van der Waals surface area contributed by atoms with Crippen LogP contribution in [0.1, 0.15) is 18.1 Å². The van der Waals surface area contributed by atoms with Crippen LogP contribution in [0.4, 0.5) is 18.9 Å². The molecule has 0 spiro atoms. The maximum Gasteiger partial charge on any atom is 0.416 e. The number of alkyl halides is 3. The van der Waals surface area contributed by atoms with Gasteiger partial charge in [0.2, 0.25) is 5.91 Å². The van der Waals surface area contributed by atoms with Crippen LogP contribution in [0.5, 0.6) is 0 Å². The van der Waals surface area contributed by atoms with Crippen molar-refractivity contribution in [2.24, 2.45) is 0 Å². The molecule has 152 valence electrons. The minimum Gasteiger partial charge on any atom is -0.325 e. The summed E-state index contributed by atoms with van der Waals surface area (Å²) in [7, 11) is 0. The fourth-order valence-electron chi connectivity index (χ4n) is 2.41. The molecule has 3 aromatic rings. The largest absolute Gasteiger partial charge is 0.416 e. The third-order valence-corrected chi connectivity index (χ3v) is 5.55. The third-order valence-electron chi connectivity index (χ3n) is 4.08. The van der Waals surface area contributed by atoms with Gasteiger partial charge in [-0.2, -0.15) is 13.2 Å². The first-order valence-electron chi connectivity index (χ1n) is 8.46. The molecule has 1 amide bonds. The Labute approximate surface area is 174 Å². The second kappa shape index (κ2) is 8.46. The van der Waals surface area contributed by atoms with Crippen molar-refractivity contribution in [2.75, 3.05) is 5.32 Å². The van der Waals surface area contributed by atoms with Gasteiger partial charge in [-0.05, 0) is 55.8 Å². The molecule has 0 saturated heterocycles. The molecule has 3 rings (SSSR count). The average molecular weight is 441 g/mol. The molecule has 29 heavy (non-hydrogen) atoms. The Morgan fingerprint density at radius 2 is 1.90 bits per heavy atom. The van der Waals surface area contributed by atoms with E-state index in [0.717, 1.165) is 23.4 Å².